The fourth-order valence-corrected chi connectivity index (χ4v) is 2.54. The molecule has 106 valence electrons. The number of fused-ring (bicyclic) bond motifs is 1. The van der Waals surface area contributed by atoms with Crippen LogP contribution >= 0.6 is 0 Å². The molecule has 0 spiro atoms. The Labute approximate surface area is 115 Å². The van der Waals surface area contributed by atoms with Gasteiger partial charge in [0.1, 0.15) is 17.7 Å². The van der Waals surface area contributed by atoms with Crippen LogP contribution in [0, 0.1) is 5.82 Å². The molecule has 0 aromatic heterocycles. The van der Waals surface area contributed by atoms with E-state index in [4.69, 9.17) is 4.74 Å². The van der Waals surface area contributed by atoms with Gasteiger partial charge in [0, 0.05) is 24.6 Å². The summed E-state index contributed by atoms with van der Waals surface area (Å²) >= 11 is 0. The molecule has 0 fully saturated rings. The summed E-state index contributed by atoms with van der Waals surface area (Å²) in [7, 11) is 0. The van der Waals surface area contributed by atoms with E-state index in [1.807, 2.05) is 0 Å². The second-order valence-electron chi connectivity index (χ2n) is 5.50. The molecule has 0 bridgehead atoms. The van der Waals surface area contributed by atoms with E-state index in [0.717, 1.165) is 24.3 Å². The Morgan fingerprint density at radius 3 is 3.05 bits per heavy atom. The second kappa shape index (κ2) is 6.90. The fourth-order valence-electron chi connectivity index (χ4n) is 2.54. The quantitative estimate of drug-likeness (QED) is 0.759. The highest BCUT2D eigenvalue weighted by atomic mass is 19.1. The topological polar surface area (TPSA) is 21.3 Å². The molecule has 2 unspecified atom stereocenters. The summed E-state index contributed by atoms with van der Waals surface area (Å²) in [6, 6.07) is 5.30. The Bertz CT molecular complexity index is 408. The second-order valence-corrected chi connectivity index (χ2v) is 5.50. The van der Waals surface area contributed by atoms with Gasteiger partial charge in [-0.05, 0) is 31.5 Å². The van der Waals surface area contributed by atoms with Gasteiger partial charge in [0.05, 0.1) is 0 Å². The lowest BCUT2D eigenvalue weighted by Gasteiger charge is -2.17. The van der Waals surface area contributed by atoms with E-state index in [-0.39, 0.29) is 11.9 Å². The van der Waals surface area contributed by atoms with Crippen LogP contribution in [0.1, 0.15) is 45.1 Å². The standard InChI is InChI=1S/C16H24FNO/c1-3-4-5-6-12(2)18-11-15-10-13-9-14(17)7-8-16(13)19-15/h7-9,12,15,18H,3-6,10-11H2,1-2H3. The van der Waals surface area contributed by atoms with E-state index in [0.29, 0.717) is 6.04 Å². The number of nitrogens with one attached hydrogen (secondary N) is 1. The van der Waals surface area contributed by atoms with Crippen LogP contribution < -0.4 is 10.1 Å². The molecular formula is C16H24FNO. The molecule has 19 heavy (non-hydrogen) atoms. The summed E-state index contributed by atoms with van der Waals surface area (Å²) in [5, 5.41) is 3.51. The first kappa shape index (κ1) is 14.3. The largest absolute Gasteiger partial charge is 0.488 e. The number of ether oxygens (including phenoxy) is 1. The Morgan fingerprint density at radius 1 is 1.42 bits per heavy atom. The van der Waals surface area contributed by atoms with E-state index in [1.165, 1.54) is 31.7 Å². The summed E-state index contributed by atoms with van der Waals surface area (Å²) in [5.41, 5.74) is 0.991. The highest BCUT2D eigenvalue weighted by Gasteiger charge is 2.23. The summed E-state index contributed by atoms with van der Waals surface area (Å²) in [4.78, 5) is 0. The Kier molecular flexibility index (Phi) is 5.20. The van der Waals surface area contributed by atoms with Gasteiger partial charge in [-0.1, -0.05) is 26.2 Å². The lowest BCUT2D eigenvalue weighted by molar-refractivity contribution is 0.221. The summed E-state index contributed by atoms with van der Waals surface area (Å²) in [5.74, 6) is 0.663. The number of unbranched alkanes of at least 4 members (excludes halogenated alkanes) is 2. The molecule has 1 aromatic rings. The van der Waals surface area contributed by atoms with Crippen molar-refractivity contribution < 1.29 is 9.13 Å². The van der Waals surface area contributed by atoms with Crippen molar-refractivity contribution in [3.05, 3.63) is 29.6 Å². The number of hydrogen-bond donors (Lipinski definition) is 1. The maximum Gasteiger partial charge on any atom is 0.123 e. The maximum absolute atomic E-state index is 13.1. The molecule has 0 amide bonds. The number of benzene rings is 1. The summed E-state index contributed by atoms with van der Waals surface area (Å²) in [6.07, 6.45) is 6.01. The van der Waals surface area contributed by atoms with Gasteiger partial charge in [0.15, 0.2) is 0 Å². The first-order valence-electron chi connectivity index (χ1n) is 7.37. The van der Waals surface area contributed by atoms with Gasteiger partial charge in [-0.2, -0.15) is 0 Å². The molecule has 0 radical (unpaired) electrons. The van der Waals surface area contributed by atoms with Crippen molar-refractivity contribution in [2.45, 2.75) is 58.1 Å². The van der Waals surface area contributed by atoms with Crippen LogP contribution in [0.5, 0.6) is 5.75 Å². The van der Waals surface area contributed by atoms with Gasteiger partial charge in [-0.3, -0.25) is 0 Å². The van der Waals surface area contributed by atoms with Gasteiger partial charge in [0.25, 0.3) is 0 Å². The third-order valence-corrected chi connectivity index (χ3v) is 3.70. The van der Waals surface area contributed by atoms with Crippen LogP contribution in [0.4, 0.5) is 4.39 Å². The van der Waals surface area contributed by atoms with Crippen molar-refractivity contribution in [3.63, 3.8) is 0 Å². The van der Waals surface area contributed by atoms with Crippen LogP contribution in [0.2, 0.25) is 0 Å². The van der Waals surface area contributed by atoms with Crippen LogP contribution in [-0.2, 0) is 6.42 Å². The van der Waals surface area contributed by atoms with E-state index in [1.54, 1.807) is 12.1 Å². The van der Waals surface area contributed by atoms with Gasteiger partial charge in [0.2, 0.25) is 0 Å². The smallest absolute Gasteiger partial charge is 0.123 e. The fraction of sp³-hybridized carbons (Fsp3) is 0.625. The van der Waals surface area contributed by atoms with Crippen LogP contribution in [0.25, 0.3) is 0 Å². The van der Waals surface area contributed by atoms with Gasteiger partial charge in [-0.25, -0.2) is 4.39 Å². The molecule has 3 heteroatoms. The zero-order valence-electron chi connectivity index (χ0n) is 11.9. The molecule has 1 heterocycles. The van der Waals surface area contributed by atoms with Crippen LogP contribution in [0.15, 0.2) is 18.2 Å². The zero-order chi connectivity index (χ0) is 13.7. The van der Waals surface area contributed by atoms with E-state index in [9.17, 15) is 4.39 Å². The van der Waals surface area contributed by atoms with Crippen molar-refractivity contribution in [2.75, 3.05) is 6.54 Å². The number of halogens is 1. The minimum Gasteiger partial charge on any atom is -0.488 e. The Hall–Kier alpha value is -1.09. The lowest BCUT2D eigenvalue weighted by Crippen LogP contribution is -2.35. The molecule has 0 saturated heterocycles. The minimum atomic E-state index is -0.177. The monoisotopic (exact) mass is 265 g/mol. The lowest BCUT2D eigenvalue weighted by atomic mass is 10.1. The highest BCUT2D eigenvalue weighted by Crippen LogP contribution is 2.28. The summed E-state index contributed by atoms with van der Waals surface area (Å²) < 4.78 is 18.9. The summed E-state index contributed by atoms with van der Waals surface area (Å²) in [6.45, 7) is 5.28. The molecule has 1 aromatic carbocycles. The molecule has 2 rings (SSSR count). The highest BCUT2D eigenvalue weighted by molar-refractivity contribution is 5.37. The molecule has 0 aliphatic carbocycles. The van der Waals surface area contributed by atoms with Crippen molar-refractivity contribution in [3.8, 4) is 5.75 Å². The van der Waals surface area contributed by atoms with Gasteiger partial charge >= 0.3 is 0 Å². The van der Waals surface area contributed by atoms with Crippen molar-refractivity contribution in [2.24, 2.45) is 0 Å². The predicted molar refractivity (Wildman–Crippen MR) is 76.1 cm³/mol. The van der Waals surface area contributed by atoms with Gasteiger partial charge < -0.3 is 10.1 Å². The molecule has 0 saturated carbocycles. The maximum atomic E-state index is 13.1. The number of hydrogen-bond acceptors (Lipinski definition) is 2. The minimum absolute atomic E-state index is 0.144. The Balaban J connectivity index is 1.72. The Morgan fingerprint density at radius 2 is 2.26 bits per heavy atom. The molecule has 1 aliphatic heterocycles. The zero-order valence-corrected chi connectivity index (χ0v) is 11.9. The molecule has 2 nitrogen and oxygen atoms in total. The first-order chi connectivity index (χ1) is 9.19. The first-order valence-corrected chi connectivity index (χ1v) is 7.37. The molecule has 2 atom stereocenters. The molecule has 1 N–H and O–H groups in total. The van der Waals surface area contributed by atoms with Gasteiger partial charge in [-0.15, -0.1) is 0 Å². The van der Waals surface area contributed by atoms with E-state index < -0.39 is 0 Å². The average molecular weight is 265 g/mol. The molecule has 1 aliphatic rings. The SMILES string of the molecule is CCCCCC(C)NCC1Cc2cc(F)ccc2O1. The normalized spacial score (nSPS) is 19.0. The van der Waals surface area contributed by atoms with Crippen molar-refractivity contribution in [1.82, 2.24) is 5.32 Å². The molecular weight excluding hydrogens is 241 g/mol. The van der Waals surface area contributed by atoms with Crippen molar-refractivity contribution >= 4 is 0 Å². The van der Waals surface area contributed by atoms with Crippen LogP contribution in [-0.4, -0.2) is 18.7 Å². The number of rotatable bonds is 7. The average Bonchev–Trinajstić information content (AvgIpc) is 2.78. The predicted octanol–water partition coefficient (Wildman–Crippen LogP) is 3.69. The van der Waals surface area contributed by atoms with E-state index >= 15 is 0 Å². The third kappa shape index (κ3) is 4.20. The van der Waals surface area contributed by atoms with Crippen molar-refractivity contribution in [1.29, 1.82) is 0 Å². The van der Waals surface area contributed by atoms with Crippen LogP contribution in [0.3, 0.4) is 0 Å². The third-order valence-electron chi connectivity index (χ3n) is 3.70. The van der Waals surface area contributed by atoms with E-state index in [2.05, 4.69) is 19.2 Å².